The van der Waals surface area contributed by atoms with Crippen LogP contribution in [0, 0.1) is 22.0 Å². The van der Waals surface area contributed by atoms with E-state index in [2.05, 4.69) is 0 Å². The molecule has 0 unspecified atom stereocenters. The summed E-state index contributed by atoms with van der Waals surface area (Å²) in [5, 5.41) is 13.7. The van der Waals surface area contributed by atoms with E-state index in [1.165, 1.54) is 30.3 Å². The zero-order valence-corrected chi connectivity index (χ0v) is 18.4. The number of benzene rings is 2. The number of nitrogens with zero attached hydrogens (tertiary/aromatic N) is 3. The van der Waals surface area contributed by atoms with Gasteiger partial charge in [0.15, 0.2) is 0 Å². The fourth-order valence-electron chi connectivity index (χ4n) is 4.39. The van der Waals surface area contributed by atoms with E-state index >= 15 is 0 Å². The average Bonchev–Trinajstić information content (AvgIpc) is 3.03. The van der Waals surface area contributed by atoms with Crippen LogP contribution in [0.4, 0.5) is 5.69 Å². The fourth-order valence-corrected chi connectivity index (χ4v) is 4.77. The third-order valence-electron chi connectivity index (χ3n) is 5.96. The van der Waals surface area contributed by atoms with E-state index in [9.17, 15) is 24.5 Å². The van der Waals surface area contributed by atoms with Crippen molar-refractivity contribution in [2.24, 2.45) is 11.8 Å². The summed E-state index contributed by atoms with van der Waals surface area (Å²) >= 11 is 12.1. The number of fused-ring (bicyclic) bond motifs is 1. The Morgan fingerprint density at radius 1 is 1.06 bits per heavy atom. The van der Waals surface area contributed by atoms with E-state index < -0.39 is 34.5 Å². The molecular weight excluding hydrogens is 457 g/mol. The smallest absolute Gasteiger partial charge is 0.272 e. The van der Waals surface area contributed by atoms with Crippen molar-refractivity contribution in [3.8, 4) is 0 Å². The van der Waals surface area contributed by atoms with Gasteiger partial charge in [0.1, 0.15) is 0 Å². The lowest BCUT2D eigenvalue weighted by Gasteiger charge is -2.30. The number of rotatable bonds is 5. The number of imide groups is 1. The molecule has 0 N–H and O–H groups in total. The largest absolute Gasteiger partial charge is 0.275 e. The number of nitro groups is 1. The van der Waals surface area contributed by atoms with Crippen molar-refractivity contribution in [1.29, 1.82) is 0 Å². The Bertz CT molecular complexity index is 1100. The highest BCUT2D eigenvalue weighted by Crippen LogP contribution is 2.40. The molecule has 1 aliphatic carbocycles. The standard InChI is InChI=1S/C22H19Cl2N3O5/c23-14-10-9-13(19(11-14)27(31)32)12-25(20(28)17-7-3-4-8-18(17)24)26-21(29)15-5-1-2-6-16(15)22(26)30/h3-4,7-11,15-16H,1-2,5-6,12H2/t15-,16+. The minimum absolute atomic E-state index is 0.0845. The first-order valence-corrected chi connectivity index (χ1v) is 10.9. The van der Waals surface area contributed by atoms with Gasteiger partial charge >= 0.3 is 0 Å². The topological polar surface area (TPSA) is 101 Å². The van der Waals surface area contributed by atoms with E-state index in [0.29, 0.717) is 12.8 Å². The zero-order chi connectivity index (χ0) is 23.0. The van der Waals surface area contributed by atoms with Crippen LogP contribution in [0.2, 0.25) is 10.0 Å². The normalized spacial score (nSPS) is 20.2. The molecule has 0 radical (unpaired) electrons. The van der Waals surface area contributed by atoms with Crippen LogP contribution in [-0.4, -0.2) is 32.7 Å². The Hall–Kier alpha value is -2.97. The van der Waals surface area contributed by atoms with Crippen molar-refractivity contribution in [2.75, 3.05) is 0 Å². The highest BCUT2D eigenvalue weighted by atomic mass is 35.5. The molecule has 32 heavy (non-hydrogen) atoms. The van der Waals surface area contributed by atoms with Crippen LogP contribution in [-0.2, 0) is 16.1 Å². The van der Waals surface area contributed by atoms with Gasteiger partial charge < -0.3 is 0 Å². The molecule has 10 heteroatoms. The van der Waals surface area contributed by atoms with Gasteiger partial charge in [-0.25, -0.2) is 5.01 Å². The molecule has 0 bridgehead atoms. The summed E-state index contributed by atoms with van der Waals surface area (Å²) in [6.45, 7) is -0.367. The second-order valence-corrected chi connectivity index (χ2v) is 8.70. The molecule has 0 aromatic heterocycles. The number of hydrogen-bond donors (Lipinski definition) is 0. The Labute approximate surface area is 193 Å². The highest BCUT2D eigenvalue weighted by molar-refractivity contribution is 6.34. The van der Waals surface area contributed by atoms with Gasteiger partial charge in [-0.3, -0.25) is 24.5 Å². The third-order valence-corrected chi connectivity index (χ3v) is 6.53. The van der Waals surface area contributed by atoms with Gasteiger partial charge in [0.2, 0.25) is 0 Å². The van der Waals surface area contributed by atoms with E-state index in [1.807, 2.05) is 0 Å². The molecule has 0 spiro atoms. The van der Waals surface area contributed by atoms with Gasteiger partial charge in [-0.2, -0.15) is 5.01 Å². The van der Waals surface area contributed by atoms with Crippen LogP contribution in [0.3, 0.4) is 0 Å². The maximum Gasteiger partial charge on any atom is 0.275 e. The minimum Gasteiger partial charge on any atom is -0.272 e. The first-order chi connectivity index (χ1) is 15.3. The molecule has 3 amide bonds. The van der Waals surface area contributed by atoms with E-state index in [0.717, 1.165) is 22.9 Å². The summed E-state index contributed by atoms with van der Waals surface area (Å²) in [7, 11) is 0. The van der Waals surface area contributed by atoms with Gasteiger partial charge in [0, 0.05) is 11.1 Å². The molecule has 2 atom stereocenters. The van der Waals surface area contributed by atoms with E-state index in [1.54, 1.807) is 12.1 Å². The molecular formula is C22H19Cl2N3O5. The average molecular weight is 476 g/mol. The Kier molecular flexibility index (Phi) is 6.17. The van der Waals surface area contributed by atoms with Crippen LogP contribution in [0.25, 0.3) is 0 Å². The zero-order valence-electron chi connectivity index (χ0n) is 16.9. The van der Waals surface area contributed by atoms with Crippen LogP contribution in [0.5, 0.6) is 0 Å². The Balaban J connectivity index is 1.79. The first kappa shape index (κ1) is 22.2. The van der Waals surface area contributed by atoms with Crippen molar-refractivity contribution in [3.63, 3.8) is 0 Å². The summed E-state index contributed by atoms with van der Waals surface area (Å²) in [6.07, 6.45) is 2.80. The molecule has 2 fully saturated rings. The third kappa shape index (κ3) is 3.96. The van der Waals surface area contributed by atoms with Crippen molar-refractivity contribution in [3.05, 3.63) is 73.8 Å². The molecule has 166 valence electrons. The van der Waals surface area contributed by atoms with Gasteiger partial charge in [0.25, 0.3) is 23.4 Å². The molecule has 2 aromatic carbocycles. The van der Waals surface area contributed by atoms with Gasteiger partial charge in [-0.15, -0.1) is 0 Å². The van der Waals surface area contributed by atoms with Crippen molar-refractivity contribution in [1.82, 2.24) is 10.0 Å². The lowest BCUT2D eigenvalue weighted by Crippen LogP contribution is -2.50. The number of carbonyl (C=O) groups excluding carboxylic acids is 3. The SMILES string of the molecule is O=C(c1ccccc1Cl)N(Cc1ccc(Cl)cc1[N+](=O)[O-])N1C(=O)[C@H]2CCCC[C@H]2C1=O. The first-order valence-electron chi connectivity index (χ1n) is 10.2. The van der Waals surface area contributed by atoms with Gasteiger partial charge in [0.05, 0.1) is 39.5 Å². The molecule has 1 saturated heterocycles. The predicted molar refractivity (Wildman–Crippen MR) is 117 cm³/mol. The highest BCUT2D eigenvalue weighted by Gasteiger charge is 2.51. The maximum atomic E-state index is 13.5. The number of halogens is 2. The monoisotopic (exact) mass is 475 g/mol. The molecule has 1 aliphatic heterocycles. The molecule has 1 heterocycles. The number of hydrogen-bond acceptors (Lipinski definition) is 5. The number of nitro benzene ring substituents is 1. The summed E-state index contributed by atoms with van der Waals surface area (Å²) in [4.78, 5) is 50.9. The Morgan fingerprint density at radius 3 is 2.28 bits per heavy atom. The molecule has 2 aromatic rings. The summed E-state index contributed by atoms with van der Waals surface area (Å²) in [5.41, 5.74) is -0.0949. The molecule has 1 saturated carbocycles. The van der Waals surface area contributed by atoms with E-state index in [-0.39, 0.29) is 33.4 Å². The molecule has 4 rings (SSSR count). The van der Waals surface area contributed by atoms with Gasteiger partial charge in [-0.05, 0) is 37.1 Å². The second-order valence-electron chi connectivity index (χ2n) is 7.86. The molecule has 8 nitrogen and oxygen atoms in total. The Morgan fingerprint density at radius 2 is 1.69 bits per heavy atom. The quantitative estimate of drug-likeness (QED) is 0.356. The second kappa shape index (κ2) is 8.88. The predicted octanol–water partition coefficient (Wildman–Crippen LogP) is 4.63. The van der Waals surface area contributed by atoms with Crippen LogP contribution >= 0.6 is 23.2 Å². The fraction of sp³-hybridized carbons (Fsp3) is 0.318. The van der Waals surface area contributed by atoms with E-state index in [4.69, 9.17) is 23.2 Å². The van der Waals surface area contributed by atoms with Crippen molar-refractivity contribution >= 4 is 46.6 Å². The van der Waals surface area contributed by atoms with Crippen LogP contribution in [0.15, 0.2) is 42.5 Å². The lowest BCUT2D eigenvalue weighted by molar-refractivity contribution is -0.385. The number of carbonyl (C=O) groups is 3. The summed E-state index contributed by atoms with van der Waals surface area (Å²) < 4.78 is 0. The number of amides is 3. The summed E-state index contributed by atoms with van der Waals surface area (Å²) in [5.74, 6) is -2.59. The molecule has 2 aliphatic rings. The van der Waals surface area contributed by atoms with Crippen molar-refractivity contribution in [2.45, 2.75) is 32.2 Å². The minimum atomic E-state index is -0.694. The van der Waals surface area contributed by atoms with Gasteiger partial charge in [-0.1, -0.05) is 48.2 Å². The summed E-state index contributed by atoms with van der Waals surface area (Å²) in [6, 6.07) is 10.3. The number of hydrazine groups is 1. The van der Waals surface area contributed by atoms with Crippen LogP contribution < -0.4 is 0 Å². The van der Waals surface area contributed by atoms with Crippen LogP contribution in [0.1, 0.15) is 41.6 Å². The van der Waals surface area contributed by atoms with Crippen molar-refractivity contribution < 1.29 is 19.3 Å². The lowest BCUT2D eigenvalue weighted by atomic mass is 9.81. The maximum absolute atomic E-state index is 13.5.